The van der Waals surface area contributed by atoms with Crippen molar-refractivity contribution in [3.63, 3.8) is 0 Å². The van der Waals surface area contributed by atoms with E-state index >= 15 is 0 Å². The van der Waals surface area contributed by atoms with Crippen LogP contribution in [0.25, 0.3) is 0 Å². The van der Waals surface area contributed by atoms with Gasteiger partial charge in [-0.15, -0.1) is 0 Å². The summed E-state index contributed by atoms with van der Waals surface area (Å²) in [5, 5.41) is 14.4. The quantitative estimate of drug-likeness (QED) is 0.611. The second-order valence-electron chi connectivity index (χ2n) is 4.10. The largest absolute Gasteiger partial charge is 0.350 e. The van der Waals surface area contributed by atoms with Crippen molar-refractivity contribution in [3.8, 4) is 0 Å². The fourth-order valence-corrected chi connectivity index (χ4v) is 1.65. The second kappa shape index (κ2) is 4.58. The third-order valence-electron chi connectivity index (χ3n) is 1.73. The molecule has 0 radical (unpaired) electrons. The summed E-state index contributed by atoms with van der Waals surface area (Å²) in [6.45, 7) is 3.88. The molecule has 6 nitrogen and oxygen atoms in total. The van der Waals surface area contributed by atoms with Gasteiger partial charge < -0.3 is 11.1 Å². The SMILES string of the molecule is CC(C)(N)CNC(=O)c1csc([N+](=O)[O-])c1. The van der Waals surface area contributed by atoms with Crippen LogP contribution in [0.2, 0.25) is 0 Å². The van der Waals surface area contributed by atoms with E-state index in [0.717, 1.165) is 11.3 Å². The molecule has 88 valence electrons. The summed E-state index contributed by atoms with van der Waals surface area (Å²) in [5.41, 5.74) is 5.49. The van der Waals surface area contributed by atoms with Crippen LogP contribution in [0.3, 0.4) is 0 Å². The van der Waals surface area contributed by atoms with Crippen LogP contribution in [0.1, 0.15) is 24.2 Å². The van der Waals surface area contributed by atoms with Crippen molar-refractivity contribution in [2.45, 2.75) is 19.4 Å². The topological polar surface area (TPSA) is 98.3 Å². The molecule has 1 aromatic heterocycles. The van der Waals surface area contributed by atoms with Crippen molar-refractivity contribution in [3.05, 3.63) is 27.1 Å². The normalized spacial score (nSPS) is 11.2. The Bertz CT molecular complexity index is 408. The van der Waals surface area contributed by atoms with Gasteiger partial charge in [0.1, 0.15) is 0 Å². The number of carbonyl (C=O) groups is 1. The molecule has 0 aromatic carbocycles. The van der Waals surface area contributed by atoms with Crippen molar-refractivity contribution in [1.29, 1.82) is 0 Å². The summed E-state index contributed by atoms with van der Waals surface area (Å²) in [6, 6.07) is 1.25. The molecule has 0 spiro atoms. The number of nitrogens with two attached hydrogens (primary N) is 1. The predicted molar refractivity (Wildman–Crippen MR) is 61.6 cm³/mol. The molecule has 3 N–H and O–H groups in total. The van der Waals surface area contributed by atoms with E-state index in [1.165, 1.54) is 11.4 Å². The average Bonchev–Trinajstić information content (AvgIpc) is 2.61. The maximum atomic E-state index is 11.5. The Balaban J connectivity index is 2.63. The Morgan fingerprint density at radius 2 is 2.31 bits per heavy atom. The van der Waals surface area contributed by atoms with E-state index in [1.54, 1.807) is 13.8 Å². The standard InChI is InChI=1S/C9H13N3O3S/c1-9(2,10)5-11-8(13)6-3-7(12(14)15)16-4-6/h3-4H,5,10H2,1-2H3,(H,11,13). The first-order chi connectivity index (χ1) is 7.29. The summed E-state index contributed by atoms with van der Waals surface area (Å²) < 4.78 is 0. The molecule has 0 aliphatic rings. The minimum absolute atomic E-state index is 0.0443. The summed E-state index contributed by atoms with van der Waals surface area (Å²) in [7, 11) is 0. The lowest BCUT2D eigenvalue weighted by Crippen LogP contribution is -2.45. The van der Waals surface area contributed by atoms with Crippen molar-refractivity contribution < 1.29 is 9.72 Å². The van der Waals surface area contributed by atoms with Crippen LogP contribution >= 0.6 is 11.3 Å². The molecular weight excluding hydrogens is 230 g/mol. The summed E-state index contributed by atoms with van der Waals surface area (Å²) >= 11 is 0.928. The maximum Gasteiger partial charge on any atom is 0.324 e. The molecule has 0 aliphatic carbocycles. The molecule has 16 heavy (non-hydrogen) atoms. The van der Waals surface area contributed by atoms with Crippen molar-refractivity contribution in [2.24, 2.45) is 5.73 Å². The first-order valence-corrected chi connectivity index (χ1v) is 5.47. The summed E-state index contributed by atoms with van der Waals surface area (Å²) in [6.07, 6.45) is 0. The van der Waals surface area contributed by atoms with E-state index < -0.39 is 10.5 Å². The van der Waals surface area contributed by atoms with Crippen LogP contribution in [0, 0.1) is 10.1 Å². The first kappa shape index (κ1) is 12.6. The lowest BCUT2D eigenvalue weighted by Gasteiger charge is -2.18. The monoisotopic (exact) mass is 243 g/mol. The zero-order valence-corrected chi connectivity index (χ0v) is 9.84. The third-order valence-corrected chi connectivity index (χ3v) is 2.61. The second-order valence-corrected chi connectivity index (χ2v) is 4.99. The van der Waals surface area contributed by atoms with Gasteiger partial charge in [0.05, 0.1) is 10.5 Å². The number of hydrogen-bond acceptors (Lipinski definition) is 5. The molecule has 0 saturated carbocycles. The number of rotatable bonds is 4. The lowest BCUT2D eigenvalue weighted by atomic mass is 10.1. The van der Waals surface area contributed by atoms with Gasteiger partial charge in [0.15, 0.2) is 0 Å². The van der Waals surface area contributed by atoms with Gasteiger partial charge in [-0.2, -0.15) is 0 Å². The number of hydrogen-bond donors (Lipinski definition) is 2. The van der Waals surface area contributed by atoms with E-state index in [9.17, 15) is 14.9 Å². The molecule has 1 rings (SSSR count). The Morgan fingerprint density at radius 1 is 1.69 bits per heavy atom. The molecule has 7 heteroatoms. The maximum absolute atomic E-state index is 11.5. The molecule has 1 aromatic rings. The third kappa shape index (κ3) is 3.59. The zero-order valence-electron chi connectivity index (χ0n) is 9.02. The zero-order chi connectivity index (χ0) is 12.3. The van der Waals surface area contributed by atoms with E-state index in [0.29, 0.717) is 12.1 Å². The van der Waals surface area contributed by atoms with Crippen LogP contribution < -0.4 is 11.1 Å². The lowest BCUT2D eigenvalue weighted by molar-refractivity contribution is -0.380. The fraction of sp³-hybridized carbons (Fsp3) is 0.444. The molecule has 0 saturated heterocycles. The Morgan fingerprint density at radius 3 is 2.75 bits per heavy atom. The Hall–Kier alpha value is -1.47. The highest BCUT2D eigenvalue weighted by Gasteiger charge is 2.17. The molecule has 0 aliphatic heterocycles. The van der Waals surface area contributed by atoms with Gasteiger partial charge in [-0.25, -0.2) is 0 Å². The summed E-state index contributed by atoms with van der Waals surface area (Å²) in [4.78, 5) is 21.4. The Labute approximate surface area is 96.6 Å². The van der Waals surface area contributed by atoms with Gasteiger partial charge in [0.2, 0.25) is 0 Å². The van der Waals surface area contributed by atoms with Crippen LogP contribution in [-0.4, -0.2) is 22.9 Å². The van der Waals surface area contributed by atoms with E-state index in [1.807, 2.05) is 0 Å². The summed E-state index contributed by atoms with van der Waals surface area (Å²) in [5.74, 6) is -0.345. The van der Waals surface area contributed by atoms with Gasteiger partial charge in [0, 0.05) is 23.5 Å². The van der Waals surface area contributed by atoms with E-state index in [2.05, 4.69) is 5.32 Å². The molecule has 1 heterocycles. The predicted octanol–water partition coefficient (Wildman–Crippen LogP) is 1.12. The molecule has 1 amide bonds. The van der Waals surface area contributed by atoms with Gasteiger partial charge in [-0.1, -0.05) is 11.3 Å². The average molecular weight is 243 g/mol. The van der Waals surface area contributed by atoms with Crippen molar-refractivity contribution in [1.82, 2.24) is 5.32 Å². The number of thiophene rings is 1. The van der Waals surface area contributed by atoms with E-state index in [4.69, 9.17) is 5.73 Å². The van der Waals surface area contributed by atoms with Gasteiger partial charge >= 0.3 is 5.00 Å². The van der Waals surface area contributed by atoms with Crippen molar-refractivity contribution >= 4 is 22.2 Å². The van der Waals surface area contributed by atoms with Crippen LogP contribution in [0.15, 0.2) is 11.4 Å². The molecule has 0 bridgehead atoms. The highest BCUT2D eigenvalue weighted by atomic mass is 32.1. The minimum atomic E-state index is -0.520. The number of nitro groups is 1. The van der Waals surface area contributed by atoms with Crippen LogP contribution in [-0.2, 0) is 0 Å². The Kier molecular flexibility index (Phi) is 3.61. The van der Waals surface area contributed by atoms with Gasteiger partial charge in [0.25, 0.3) is 5.91 Å². The molecule has 0 fully saturated rings. The first-order valence-electron chi connectivity index (χ1n) is 4.59. The van der Waals surface area contributed by atoms with E-state index in [-0.39, 0.29) is 10.9 Å². The minimum Gasteiger partial charge on any atom is -0.350 e. The van der Waals surface area contributed by atoms with Crippen molar-refractivity contribution in [2.75, 3.05) is 6.54 Å². The smallest absolute Gasteiger partial charge is 0.324 e. The molecule has 0 unspecified atom stereocenters. The highest BCUT2D eigenvalue weighted by Crippen LogP contribution is 2.22. The van der Waals surface area contributed by atoms with Gasteiger partial charge in [-0.3, -0.25) is 14.9 Å². The van der Waals surface area contributed by atoms with Crippen LogP contribution in [0.4, 0.5) is 5.00 Å². The number of nitrogens with zero attached hydrogens (tertiary/aromatic N) is 1. The number of nitrogens with one attached hydrogen (secondary N) is 1. The number of carbonyl (C=O) groups excluding carboxylic acids is 1. The molecule has 0 atom stereocenters. The van der Waals surface area contributed by atoms with Crippen LogP contribution in [0.5, 0.6) is 0 Å². The number of amides is 1. The fourth-order valence-electron chi connectivity index (χ4n) is 0.950. The van der Waals surface area contributed by atoms with Gasteiger partial charge in [-0.05, 0) is 13.8 Å². The molecular formula is C9H13N3O3S. The highest BCUT2D eigenvalue weighted by molar-refractivity contribution is 7.13.